The summed E-state index contributed by atoms with van der Waals surface area (Å²) in [5.41, 5.74) is 16.7. The van der Waals surface area contributed by atoms with Crippen molar-refractivity contribution in [1.29, 1.82) is 0 Å². The summed E-state index contributed by atoms with van der Waals surface area (Å²) in [6.45, 7) is 0.479. The van der Waals surface area contributed by atoms with Crippen molar-refractivity contribution in [3.8, 4) is 0 Å². The number of hydrogen-bond acceptors (Lipinski definition) is 5. The van der Waals surface area contributed by atoms with Gasteiger partial charge in [-0.15, -0.1) is 0 Å². The van der Waals surface area contributed by atoms with Crippen molar-refractivity contribution in [1.82, 2.24) is 9.97 Å². The molecule has 11 heteroatoms. The second-order valence-electron chi connectivity index (χ2n) is 4.86. The highest BCUT2D eigenvalue weighted by atomic mass is 35.5. The lowest BCUT2D eigenvalue weighted by Crippen LogP contribution is -2.25. The third kappa shape index (κ3) is 5.09. The minimum atomic E-state index is -0.825. The van der Waals surface area contributed by atoms with Crippen LogP contribution in [0.3, 0.4) is 0 Å². The van der Waals surface area contributed by atoms with Crippen LogP contribution >= 0.6 is 34.8 Å². The van der Waals surface area contributed by atoms with Gasteiger partial charge in [0.25, 0.3) is 0 Å². The first kappa shape index (κ1) is 19.0. The molecule has 0 spiro atoms. The maximum absolute atomic E-state index is 11.8. The Kier molecular flexibility index (Phi) is 6.24. The molecule has 1 amide bonds. The summed E-state index contributed by atoms with van der Waals surface area (Å²) >= 11 is 17.9. The summed E-state index contributed by atoms with van der Waals surface area (Å²) in [5.74, 6) is -1.14. The molecule has 0 bridgehead atoms. The van der Waals surface area contributed by atoms with Crippen LogP contribution in [-0.4, -0.2) is 28.4 Å². The van der Waals surface area contributed by atoms with Gasteiger partial charge in [0.2, 0.25) is 0 Å². The van der Waals surface area contributed by atoms with E-state index in [1.165, 1.54) is 0 Å². The van der Waals surface area contributed by atoms with E-state index in [0.717, 1.165) is 5.56 Å². The average molecular weight is 403 g/mol. The predicted molar refractivity (Wildman–Crippen MR) is 100 cm³/mol. The normalized spacial score (nSPS) is 10.4. The zero-order valence-electron chi connectivity index (χ0n) is 12.8. The molecule has 2 rings (SSSR count). The van der Waals surface area contributed by atoms with Crippen LogP contribution < -0.4 is 22.5 Å². The molecule has 1 aromatic carbocycles. The van der Waals surface area contributed by atoms with Crippen molar-refractivity contribution in [2.75, 3.05) is 17.6 Å². The lowest BCUT2D eigenvalue weighted by atomic mass is 10.1. The van der Waals surface area contributed by atoms with Crippen LogP contribution in [0.2, 0.25) is 15.2 Å². The Morgan fingerprint density at radius 3 is 2.52 bits per heavy atom. The van der Waals surface area contributed by atoms with Gasteiger partial charge in [-0.05, 0) is 24.1 Å². The van der Waals surface area contributed by atoms with E-state index in [-0.39, 0.29) is 22.5 Å². The van der Waals surface area contributed by atoms with E-state index in [2.05, 4.69) is 20.3 Å². The van der Waals surface area contributed by atoms with E-state index < -0.39 is 11.9 Å². The quantitative estimate of drug-likeness (QED) is 0.442. The number of nitrogens with two attached hydrogens (primary N) is 3. The van der Waals surface area contributed by atoms with E-state index in [1.807, 2.05) is 6.07 Å². The fourth-order valence-corrected chi connectivity index (χ4v) is 2.40. The first-order chi connectivity index (χ1) is 11.8. The Hall–Kier alpha value is -2.29. The lowest BCUT2D eigenvalue weighted by molar-refractivity contribution is 0.0998. The molecule has 1 aromatic heterocycles. The van der Waals surface area contributed by atoms with Crippen molar-refractivity contribution in [3.63, 3.8) is 0 Å². The topological polar surface area (TPSA) is 145 Å². The molecular formula is C14H14Cl3N7O. The molecule has 0 unspecified atom stereocenters. The molecule has 25 heavy (non-hydrogen) atoms. The van der Waals surface area contributed by atoms with Crippen molar-refractivity contribution in [2.24, 2.45) is 16.5 Å². The second-order valence-corrected chi connectivity index (χ2v) is 6.04. The number of nitrogen functional groups attached to an aromatic ring is 1. The van der Waals surface area contributed by atoms with E-state index >= 15 is 0 Å². The molecule has 0 aliphatic heterocycles. The van der Waals surface area contributed by atoms with Crippen molar-refractivity contribution in [2.45, 2.75) is 6.42 Å². The Labute approximate surface area is 158 Å². The van der Waals surface area contributed by atoms with Crippen LogP contribution in [-0.2, 0) is 6.42 Å². The lowest BCUT2D eigenvalue weighted by Gasteiger charge is -2.10. The van der Waals surface area contributed by atoms with Gasteiger partial charge < -0.3 is 22.5 Å². The number of hydrogen-bond donors (Lipinski definition) is 4. The Morgan fingerprint density at radius 2 is 1.88 bits per heavy atom. The zero-order chi connectivity index (χ0) is 18.6. The third-order valence-electron chi connectivity index (χ3n) is 3.00. The molecule has 0 aliphatic rings. The first-order valence-electron chi connectivity index (χ1n) is 6.92. The summed E-state index contributed by atoms with van der Waals surface area (Å²) in [6.07, 6.45) is 0.628. The number of aliphatic imine (C=N–C) groups is 1. The van der Waals surface area contributed by atoms with Crippen molar-refractivity contribution < 1.29 is 4.79 Å². The molecule has 8 nitrogen and oxygen atoms in total. The highest BCUT2D eigenvalue weighted by Gasteiger charge is 2.16. The number of rotatable bonds is 5. The Morgan fingerprint density at radius 1 is 1.16 bits per heavy atom. The van der Waals surface area contributed by atoms with Crippen LogP contribution in [0.15, 0.2) is 23.2 Å². The number of carbonyl (C=O) groups is 1. The van der Waals surface area contributed by atoms with Crippen LogP contribution in [0.5, 0.6) is 0 Å². The summed E-state index contributed by atoms with van der Waals surface area (Å²) in [6, 6.07) is 5.34. The van der Waals surface area contributed by atoms with Crippen LogP contribution in [0, 0.1) is 0 Å². The molecule has 0 aliphatic carbocycles. The van der Waals surface area contributed by atoms with Crippen LogP contribution in [0.1, 0.15) is 16.1 Å². The van der Waals surface area contributed by atoms with Gasteiger partial charge in [-0.25, -0.2) is 9.97 Å². The summed E-state index contributed by atoms with van der Waals surface area (Å²) < 4.78 is 0. The minimum Gasteiger partial charge on any atom is -0.382 e. The summed E-state index contributed by atoms with van der Waals surface area (Å²) in [7, 11) is 0. The molecule has 2 aromatic rings. The predicted octanol–water partition coefficient (Wildman–Crippen LogP) is 2.09. The second kappa shape index (κ2) is 8.19. The average Bonchev–Trinajstić information content (AvgIpc) is 2.53. The maximum atomic E-state index is 11.8. The third-order valence-corrected chi connectivity index (χ3v) is 4.01. The monoisotopic (exact) mass is 401 g/mol. The van der Waals surface area contributed by atoms with Gasteiger partial charge >= 0.3 is 5.91 Å². The summed E-state index contributed by atoms with van der Waals surface area (Å²) in [4.78, 5) is 23.0. The highest BCUT2D eigenvalue weighted by molar-refractivity contribution is 6.42. The standard InChI is InChI=1S/C14H14Cl3N7O/c15-7-2-1-6(5-8(7)16)3-4-21-12-10(17)22-9(11(18)23-12)13(25)24-14(19)20/h1-2,5H,3-4H2,(H3,18,21,23)(H4,19,20,24,25). The van der Waals surface area contributed by atoms with E-state index in [9.17, 15) is 4.79 Å². The van der Waals surface area contributed by atoms with Crippen LogP contribution in [0.4, 0.5) is 11.6 Å². The number of benzene rings is 1. The number of anilines is 2. The minimum absolute atomic E-state index is 0.0301. The van der Waals surface area contributed by atoms with Gasteiger partial charge in [-0.3, -0.25) is 4.79 Å². The zero-order valence-corrected chi connectivity index (χ0v) is 15.0. The van der Waals surface area contributed by atoms with Crippen LogP contribution in [0.25, 0.3) is 0 Å². The Balaban J connectivity index is 2.07. The maximum Gasteiger partial charge on any atom is 0.302 e. The van der Waals surface area contributed by atoms with Gasteiger partial charge in [0.15, 0.2) is 28.4 Å². The van der Waals surface area contributed by atoms with Gasteiger partial charge in [0.05, 0.1) is 10.0 Å². The number of nitrogens with zero attached hydrogens (tertiary/aromatic N) is 3. The molecule has 0 radical (unpaired) electrons. The number of carbonyl (C=O) groups excluding carboxylic acids is 1. The van der Waals surface area contributed by atoms with Gasteiger partial charge in [-0.2, -0.15) is 4.99 Å². The number of nitrogens with one attached hydrogen (secondary N) is 1. The van der Waals surface area contributed by atoms with Gasteiger partial charge in [-0.1, -0.05) is 40.9 Å². The van der Waals surface area contributed by atoms with E-state index in [1.54, 1.807) is 12.1 Å². The largest absolute Gasteiger partial charge is 0.382 e. The molecule has 0 saturated heterocycles. The first-order valence-corrected chi connectivity index (χ1v) is 8.06. The van der Waals surface area contributed by atoms with E-state index in [4.69, 9.17) is 52.0 Å². The highest BCUT2D eigenvalue weighted by Crippen LogP contribution is 2.24. The molecular weight excluding hydrogens is 389 g/mol. The molecule has 1 heterocycles. The van der Waals surface area contributed by atoms with Crippen molar-refractivity contribution in [3.05, 3.63) is 44.7 Å². The number of amides is 1. The number of guanidine groups is 1. The smallest absolute Gasteiger partial charge is 0.302 e. The molecule has 7 N–H and O–H groups in total. The fourth-order valence-electron chi connectivity index (χ4n) is 1.89. The molecule has 0 fully saturated rings. The summed E-state index contributed by atoms with van der Waals surface area (Å²) in [5, 5.41) is 3.92. The van der Waals surface area contributed by atoms with Crippen molar-refractivity contribution >= 4 is 58.3 Å². The van der Waals surface area contributed by atoms with Gasteiger partial charge in [0.1, 0.15) is 0 Å². The Bertz CT molecular complexity index is 837. The SMILES string of the molecule is NC(N)=NC(=O)c1nc(Cl)c(NCCc2ccc(Cl)c(Cl)c2)nc1N. The number of aromatic nitrogens is 2. The molecule has 132 valence electrons. The molecule has 0 atom stereocenters. The van der Waals surface area contributed by atoms with E-state index in [0.29, 0.717) is 23.0 Å². The molecule has 0 saturated carbocycles. The van der Waals surface area contributed by atoms with Gasteiger partial charge in [0, 0.05) is 6.54 Å². The number of halogens is 3. The fraction of sp³-hybridized carbons (Fsp3) is 0.143.